The molecular weight excluding hydrogens is 306 g/mol. The van der Waals surface area contributed by atoms with E-state index in [-0.39, 0.29) is 11.9 Å². The van der Waals surface area contributed by atoms with Crippen molar-refractivity contribution in [2.24, 2.45) is 0 Å². The van der Waals surface area contributed by atoms with E-state index in [0.29, 0.717) is 17.2 Å². The second-order valence-corrected chi connectivity index (χ2v) is 5.95. The summed E-state index contributed by atoms with van der Waals surface area (Å²) >= 11 is 0. The summed E-state index contributed by atoms with van der Waals surface area (Å²) < 4.78 is 16.0. The molecule has 0 aromatic heterocycles. The van der Waals surface area contributed by atoms with E-state index in [1.807, 2.05) is 6.07 Å². The average molecular weight is 333 g/mol. The van der Waals surface area contributed by atoms with Gasteiger partial charge in [-0.2, -0.15) is 0 Å². The first-order chi connectivity index (χ1) is 11.7. The summed E-state index contributed by atoms with van der Waals surface area (Å²) in [5.74, 6) is 1.59. The minimum absolute atomic E-state index is 0.0706. The molecule has 1 aromatic rings. The van der Waals surface area contributed by atoms with Gasteiger partial charge in [0.05, 0.1) is 21.3 Å². The Balaban J connectivity index is 2.08. The fraction of sp³-hybridized carbons (Fsp3) is 0.526. The highest BCUT2D eigenvalue weighted by atomic mass is 16.5. The van der Waals surface area contributed by atoms with Crippen LogP contribution in [0.5, 0.6) is 17.2 Å². The Labute approximate surface area is 144 Å². The number of carbonyl (C=O) groups excluding carboxylic acids is 1. The Hall–Kier alpha value is -2.17. The van der Waals surface area contributed by atoms with Gasteiger partial charge in [-0.3, -0.25) is 4.79 Å². The molecule has 1 aliphatic carbocycles. The Morgan fingerprint density at radius 1 is 1.00 bits per heavy atom. The molecule has 5 heteroatoms. The molecule has 1 amide bonds. The molecule has 0 atom stereocenters. The van der Waals surface area contributed by atoms with Gasteiger partial charge >= 0.3 is 0 Å². The molecule has 0 heterocycles. The zero-order chi connectivity index (χ0) is 17.4. The van der Waals surface area contributed by atoms with Gasteiger partial charge in [0, 0.05) is 17.7 Å². The summed E-state index contributed by atoms with van der Waals surface area (Å²) in [4.78, 5) is 12.2. The summed E-state index contributed by atoms with van der Waals surface area (Å²) in [6.07, 6.45) is 10.4. The number of methoxy groups -OCH3 is 3. The van der Waals surface area contributed by atoms with Gasteiger partial charge in [0.1, 0.15) is 0 Å². The molecule has 0 aliphatic heterocycles. The lowest BCUT2D eigenvalue weighted by Gasteiger charge is -2.15. The van der Waals surface area contributed by atoms with Gasteiger partial charge in [0.25, 0.3) is 0 Å². The van der Waals surface area contributed by atoms with E-state index in [1.165, 1.54) is 25.7 Å². The van der Waals surface area contributed by atoms with Crippen molar-refractivity contribution in [1.82, 2.24) is 5.32 Å². The fourth-order valence-corrected chi connectivity index (χ4v) is 3.09. The summed E-state index contributed by atoms with van der Waals surface area (Å²) in [6.45, 7) is 0. The van der Waals surface area contributed by atoms with Crippen molar-refractivity contribution >= 4 is 12.0 Å². The minimum Gasteiger partial charge on any atom is -0.493 e. The second-order valence-electron chi connectivity index (χ2n) is 5.95. The van der Waals surface area contributed by atoms with Gasteiger partial charge in [-0.25, -0.2) is 0 Å². The van der Waals surface area contributed by atoms with Crippen molar-refractivity contribution in [3.8, 4) is 17.2 Å². The number of carbonyl (C=O) groups is 1. The van der Waals surface area contributed by atoms with Crippen LogP contribution in [0.25, 0.3) is 6.08 Å². The minimum atomic E-state index is -0.0706. The number of benzene rings is 1. The normalized spacial score (nSPS) is 15.8. The van der Waals surface area contributed by atoms with Crippen molar-refractivity contribution in [2.75, 3.05) is 21.3 Å². The predicted molar refractivity (Wildman–Crippen MR) is 94.8 cm³/mol. The van der Waals surface area contributed by atoms with Crippen LogP contribution in [0.3, 0.4) is 0 Å². The van der Waals surface area contributed by atoms with E-state index in [4.69, 9.17) is 14.2 Å². The van der Waals surface area contributed by atoms with Crippen LogP contribution in [0.15, 0.2) is 18.2 Å². The van der Waals surface area contributed by atoms with Crippen LogP contribution in [0.2, 0.25) is 0 Å². The van der Waals surface area contributed by atoms with E-state index < -0.39 is 0 Å². The molecule has 0 saturated heterocycles. The van der Waals surface area contributed by atoms with E-state index in [2.05, 4.69) is 5.32 Å². The molecule has 1 fully saturated rings. The highest BCUT2D eigenvalue weighted by Crippen LogP contribution is 2.40. The number of nitrogens with one attached hydrogen (secondary N) is 1. The molecular formula is C19H27NO4. The molecule has 0 radical (unpaired) electrons. The van der Waals surface area contributed by atoms with Crippen molar-refractivity contribution in [3.63, 3.8) is 0 Å². The van der Waals surface area contributed by atoms with Gasteiger partial charge in [0.2, 0.25) is 11.7 Å². The standard InChI is InChI=1S/C19H27NO4/c1-22-16-12-10-14(18(23-2)19(16)24-3)11-13-17(21)20-15-8-6-4-5-7-9-15/h10-13,15H,4-9H2,1-3H3,(H,20,21). The van der Waals surface area contributed by atoms with Gasteiger partial charge < -0.3 is 19.5 Å². The lowest BCUT2D eigenvalue weighted by molar-refractivity contribution is -0.117. The van der Waals surface area contributed by atoms with E-state index in [0.717, 1.165) is 18.4 Å². The predicted octanol–water partition coefficient (Wildman–Crippen LogP) is 3.56. The highest BCUT2D eigenvalue weighted by molar-refractivity contribution is 5.92. The van der Waals surface area contributed by atoms with Gasteiger partial charge in [-0.05, 0) is 31.1 Å². The van der Waals surface area contributed by atoms with Gasteiger partial charge in [-0.1, -0.05) is 25.7 Å². The Bertz CT molecular complexity index is 575. The van der Waals surface area contributed by atoms with Gasteiger partial charge in [-0.15, -0.1) is 0 Å². The lowest BCUT2D eigenvalue weighted by atomic mass is 10.1. The Morgan fingerprint density at radius 3 is 2.25 bits per heavy atom. The van der Waals surface area contributed by atoms with Crippen LogP contribution in [0, 0.1) is 0 Å². The molecule has 1 aromatic carbocycles. The summed E-state index contributed by atoms with van der Waals surface area (Å²) in [5, 5.41) is 3.10. The van der Waals surface area contributed by atoms with E-state index >= 15 is 0 Å². The lowest BCUT2D eigenvalue weighted by Crippen LogP contribution is -2.33. The fourth-order valence-electron chi connectivity index (χ4n) is 3.09. The monoisotopic (exact) mass is 333 g/mol. The molecule has 132 valence electrons. The SMILES string of the molecule is COc1ccc(C=CC(=O)NC2CCCCCC2)c(OC)c1OC. The van der Waals surface area contributed by atoms with Crippen molar-refractivity contribution in [1.29, 1.82) is 0 Å². The zero-order valence-corrected chi connectivity index (χ0v) is 14.8. The van der Waals surface area contributed by atoms with Crippen LogP contribution in [-0.2, 0) is 4.79 Å². The van der Waals surface area contributed by atoms with Crippen molar-refractivity contribution in [2.45, 2.75) is 44.6 Å². The maximum Gasteiger partial charge on any atom is 0.244 e. The van der Waals surface area contributed by atoms with E-state index in [9.17, 15) is 4.79 Å². The summed E-state index contributed by atoms with van der Waals surface area (Å²) in [6, 6.07) is 3.93. The zero-order valence-electron chi connectivity index (χ0n) is 14.8. The summed E-state index contributed by atoms with van der Waals surface area (Å²) in [5.41, 5.74) is 0.770. The molecule has 24 heavy (non-hydrogen) atoms. The van der Waals surface area contributed by atoms with Crippen LogP contribution in [0.4, 0.5) is 0 Å². The van der Waals surface area contributed by atoms with Crippen LogP contribution >= 0.6 is 0 Å². The summed E-state index contributed by atoms with van der Waals surface area (Å²) in [7, 11) is 4.71. The van der Waals surface area contributed by atoms with Crippen LogP contribution in [0.1, 0.15) is 44.1 Å². The van der Waals surface area contributed by atoms with E-state index in [1.54, 1.807) is 39.5 Å². The van der Waals surface area contributed by atoms with Crippen molar-refractivity contribution in [3.05, 3.63) is 23.8 Å². The average Bonchev–Trinajstić information content (AvgIpc) is 2.87. The van der Waals surface area contributed by atoms with Gasteiger partial charge in [0.15, 0.2) is 11.5 Å². The molecule has 0 bridgehead atoms. The first kappa shape index (κ1) is 18.2. The second kappa shape index (κ2) is 9.21. The Morgan fingerprint density at radius 2 is 1.67 bits per heavy atom. The topological polar surface area (TPSA) is 56.8 Å². The first-order valence-corrected chi connectivity index (χ1v) is 8.47. The molecule has 0 unspecified atom stereocenters. The smallest absolute Gasteiger partial charge is 0.244 e. The third kappa shape index (κ3) is 4.66. The number of amides is 1. The Kier molecular flexibility index (Phi) is 6.97. The maximum atomic E-state index is 12.2. The van der Waals surface area contributed by atoms with Crippen LogP contribution in [-0.4, -0.2) is 33.3 Å². The number of hydrogen-bond acceptors (Lipinski definition) is 4. The third-order valence-electron chi connectivity index (χ3n) is 4.35. The number of rotatable bonds is 6. The molecule has 0 spiro atoms. The quantitative estimate of drug-likeness (QED) is 0.639. The first-order valence-electron chi connectivity index (χ1n) is 8.47. The number of ether oxygens (including phenoxy) is 3. The molecule has 2 rings (SSSR count). The highest BCUT2D eigenvalue weighted by Gasteiger charge is 2.15. The third-order valence-corrected chi connectivity index (χ3v) is 4.35. The van der Waals surface area contributed by atoms with Crippen molar-refractivity contribution < 1.29 is 19.0 Å². The maximum absolute atomic E-state index is 12.2. The number of hydrogen-bond donors (Lipinski definition) is 1. The van der Waals surface area contributed by atoms with Crippen LogP contribution < -0.4 is 19.5 Å². The molecule has 1 N–H and O–H groups in total. The molecule has 1 saturated carbocycles. The largest absolute Gasteiger partial charge is 0.493 e. The molecule has 5 nitrogen and oxygen atoms in total. The molecule has 1 aliphatic rings.